The SMILES string of the molecule is CN1CCC/C1=N\c1ncnc2c1ncn2C1CN(C(C2=CCCC=C2)(c2ccccc2)c2ccccc2)CC(COS)O1. The molecule has 0 saturated carbocycles. The number of aromatic nitrogens is 4. The van der Waals surface area contributed by atoms with Crippen molar-refractivity contribution in [3.63, 3.8) is 0 Å². The van der Waals surface area contributed by atoms with Crippen LogP contribution in [0.3, 0.4) is 0 Å². The van der Waals surface area contributed by atoms with Gasteiger partial charge in [-0.2, -0.15) is 0 Å². The summed E-state index contributed by atoms with van der Waals surface area (Å²) in [5, 5.41) is 0. The van der Waals surface area contributed by atoms with Gasteiger partial charge in [-0.15, -0.1) is 0 Å². The molecule has 2 aromatic heterocycles. The number of ether oxygens (including phenoxy) is 1. The smallest absolute Gasteiger partial charge is 0.185 e. The molecule has 2 unspecified atom stereocenters. The lowest BCUT2D eigenvalue weighted by Crippen LogP contribution is -2.57. The summed E-state index contributed by atoms with van der Waals surface area (Å²) >= 11 is 4.13. The summed E-state index contributed by atoms with van der Waals surface area (Å²) < 4.78 is 14.1. The highest BCUT2D eigenvalue weighted by atomic mass is 32.1. The van der Waals surface area contributed by atoms with Gasteiger partial charge in [-0.05, 0) is 48.9 Å². The van der Waals surface area contributed by atoms with Crippen molar-refractivity contribution in [2.24, 2.45) is 4.99 Å². The molecule has 2 aromatic carbocycles. The lowest BCUT2D eigenvalue weighted by atomic mass is 9.73. The second-order valence-electron chi connectivity index (χ2n) is 11.6. The van der Waals surface area contributed by atoms with Gasteiger partial charge in [0, 0.05) is 33.1 Å². The number of thiol groups is 1. The van der Waals surface area contributed by atoms with Crippen LogP contribution in [0.5, 0.6) is 0 Å². The topological polar surface area (TPSA) is 80.9 Å². The van der Waals surface area contributed by atoms with Crippen LogP contribution in [0.25, 0.3) is 11.2 Å². The molecule has 2 atom stereocenters. The molecule has 0 N–H and O–H groups in total. The monoisotopic (exact) mass is 607 g/mol. The minimum Gasteiger partial charge on any atom is -0.363 e. The first kappa shape index (κ1) is 28.9. The highest BCUT2D eigenvalue weighted by molar-refractivity contribution is 7.75. The quantitative estimate of drug-likeness (QED) is 0.198. The van der Waals surface area contributed by atoms with Gasteiger partial charge in [0.25, 0.3) is 0 Å². The molecule has 0 amide bonds. The molecule has 3 aliphatic rings. The van der Waals surface area contributed by atoms with Gasteiger partial charge in [0.05, 0.1) is 24.6 Å². The normalized spacial score (nSPS) is 22.2. The van der Waals surface area contributed by atoms with Crippen molar-refractivity contribution in [1.82, 2.24) is 29.3 Å². The van der Waals surface area contributed by atoms with E-state index in [2.05, 4.69) is 119 Å². The third-order valence-corrected chi connectivity index (χ3v) is 9.05. The Labute approximate surface area is 263 Å². The summed E-state index contributed by atoms with van der Waals surface area (Å²) in [6.07, 6.45) is 13.7. The molecule has 0 bridgehead atoms. The van der Waals surface area contributed by atoms with Crippen molar-refractivity contribution in [1.29, 1.82) is 0 Å². The summed E-state index contributed by atoms with van der Waals surface area (Å²) in [7, 11) is 2.07. The van der Waals surface area contributed by atoms with Crippen LogP contribution in [0.1, 0.15) is 43.0 Å². The van der Waals surface area contributed by atoms with Crippen molar-refractivity contribution >= 4 is 35.7 Å². The molecule has 1 aliphatic carbocycles. The van der Waals surface area contributed by atoms with Gasteiger partial charge < -0.3 is 13.8 Å². The molecule has 4 heterocycles. The number of allylic oxidation sites excluding steroid dienone is 2. The van der Waals surface area contributed by atoms with Gasteiger partial charge in [0.1, 0.15) is 18.4 Å². The number of imidazole rings is 1. The van der Waals surface area contributed by atoms with Crippen molar-refractivity contribution in [3.05, 3.63) is 108 Å². The van der Waals surface area contributed by atoms with Crippen LogP contribution >= 0.6 is 12.9 Å². The molecule has 0 radical (unpaired) electrons. The maximum Gasteiger partial charge on any atom is 0.185 e. The average Bonchev–Trinajstić information content (AvgIpc) is 3.70. The van der Waals surface area contributed by atoms with Crippen LogP contribution in [0.2, 0.25) is 0 Å². The second kappa shape index (κ2) is 12.6. The first-order valence-corrected chi connectivity index (χ1v) is 15.7. The van der Waals surface area contributed by atoms with E-state index in [1.54, 1.807) is 12.7 Å². The van der Waals surface area contributed by atoms with Gasteiger partial charge >= 0.3 is 0 Å². The van der Waals surface area contributed by atoms with E-state index in [1.165, 1.54) is 16.7 Å². The van der Waals surface area contributed by atoms with Crippen LogP contribution in [0.15, 0.2) is 102 Å². The van der Waals surface area contributed by atoms with E-state index < -0.39 is 11.8 Å². The zero-order valence-corrected chi connectivity index (χ0v) is 25.8. The lowest BCUT2D eigenvalue weighted by molar-refractivity contribution is -0.144. The highest BCUT2D eigenvalue weighted by Crippen LogP contribution is 2.46. The molecule has 10 heteroatoms. The average molecular weight is 608 g/mol. The van der Waals surface area contributed by atoms with E-state index in [0.717, 1.165) is 38.1 Å². The van der Waals surface area contributed by atoms with Crippen molar-refractivity contribution < 1.29 is 8.92 Å². The fraction of sp³-hybridized carbons (Fsp3) is 0.353. The standard InChI is InChI=1S/C34H37N7O2S/c1-39-19-11-18-29(39)38-32-31-33(36-23-35-32)41(24-37-31)30-21-40(20-28(43-30)22-42-44)34(25-12-5-2-6-13-25,26-14-7-3-8-15-26)27-16-9-4-10-17-27/h2-3,5-9,12-17,23-24,28,30,44H,4,10-11,18-22H2,1H3/b38-29+. The third kappa shape index (κ3) is 5.26. The summed E-state index contributed by atoms with van der Waals surface area (Å²) in [6, 6.07) is 21.6. The molecule has 2 aliphatic heterocycles. The van der Waals surface area contributed by atoms with E-state index in [4.69, 9.17) is 18.9 Å². The molecule has 2 saturated heterocycles. The van der Waals surface area contributed by atoms with Gasteiger partial charge in [-0.25, -0.2) is 19.9 Å². The van der Waals surface area contributed by atoms with Gasteiger partial charge in [0.2, 0.25) is 0 Å². The van der Waals surface area contributed by atoms with Crippen LogP contribution in [0.4, 0.5) is 5.82 Å². The number of benzene rings is 2. The van der Waals surface area contributed by atoms with E-state index in [9.17, 15) is 0 Å². The minimum absolute atomic E-state index is 0.252. The highest BCUT2D eigenvalue weighted by Gasteiger charge is 2.47. The second-order valence-corrected chi connectivity index (χ2v) is 11.8. The number of amidine groups is 1. The molecular weight excluding hydrogens is 570 g/mol. The Hall–Kier alpha value is -3.83. The first-order chi connectivity index (χ1) is 21.7. The fourth-order valence-electron chi connectivity index (χ4n) is 6.90. The maximum atomic E-state index is 6.72. The third-order valence-electron chi connectivity index (χ3n) is 8.90. The number of aliphatic imine (C=N–C) groups is 1. The van der Waals surface area contributed by atoms with Crippen LogP contribution in [-0.4, -0.2) is 74.5 Å². The number of fused-ring (bicyclic) bond motifs is 1. The van der Waals surface area contributed by atoms with E-state index >= 15 is 0 Å². The number of nitrogens with zero attached hydrogens (tertiary/aromatic N) is 7. The molecular formula is C34H37N7O2S. The number of hydrogen-bond acceptors (Lipinski definition) is 8. The molecule has 7 rings (SSSR count). The molecule has 0 spiro atoms. The van der Waals surface area contributed by atoms with Gasteiger partial charge in [-0.1, -0.05) is 78.9 Å². The van der Waals surface area contributed by atoms with Crippen molar-refractivity contribution in [2.45, 2.75) is 43.6 Å². The number of likely N-dealkylation sites (tertiary alicyclic amines) is 1. The number of rotatable bonds is 8. The van der Waals surface area contributed by atoms with E-state index in [0.29, 0.717) is 36.7 Å². The predicted octanol–water partition coefficient (Wildman–Crippen LogP) is 5.86. The minimum atomic E-state index is -0.564. The van der Waals surface area contributed by atoms with Crippen LogP contribution < -0.4 is 0 Å². The molecule has 226 valence electrons. The Morgan fingerprint density at radius 2 is 1.77 bits per heavy atom. The Balaban J connectivity index is 1.36. The molecule has 4 aromatic rings. The summed E-state index contributed by atoms with van der Waals surface area (Å²) in [6.45, 7) is 2.55. The van der Waals surface area contributed by atoms with E-state index in [-0.39, 0.29) is 6.10 Å². The largest absolute Gasteiger partial charge is 0.363 e. The predicted molar refractivity (Wildman–Crippen MR) is 175 cm³/mol. The Morgan fingerprint density at radius 3 is 2.43 bits per heavy atom. The lowest BCUT2D eigenvalue weighted by Gasteiger charge is -2.51. The fourth-order valence-corrected chi connectivity index (χ4v) is 7.06. The van der Waals surface area contributed by atoms with Crippen LogP contribution in [-0.2, 0) is 14.5 Å². The zero-order valence-electron chi connectivity index (χ0n) is 24.9. The van der Waals surface area contributed by atoms with Crippen LogP contribution in [0, 0.1) is 0 Å². The molecule has 9 nitrogen and oxygen atoms in total. The summed E-state index contributed by atoms with van der Waals surface area (Å²) in [4.78, 5) is 23.5. The Morgan fingerprint density at radius 1 is 1.00 bits per heavy atom. The van der Waals surface area contributed by atoms with Crippen molar-refractivity contribution in [2.75, 3.05) is 33.3 Å². The van der Waals surface area contributed by atoms with E-state index in [1.807, 2.05) is 4.57 Å². The number of morpholine rings is 1. The zero-order chi connectivity index (χ0) is 29.9. The maximum absolute atomic E-state index is 6.72. The first-order valence-electron chi connectivity index (χ1n) is 15.3. The van der Waals surface area contributed by atoms with Gasteiger partial charge in [-0.3, -0.25) is 9.47 Å². The number of hydrogen-bond donors (Lipinski definition) is 1. The molecule has 44 heavy (non-hydrogen) atoms. The van der Waals surface area contributed by atoms with Crippen molar-refractivity contribution in [3.8, 4) is 0 Å². The molecule has 2 fully saturated rings. The summed E-state index contributed by atoms with van der Waals surface area (Å²) in [5.74, 6) is 1.61. The van der Waals surface area contributed by atoms with Gasteiger partial charge in [0.15, 0.2) is 17.0 Å². The Bertz CT molecular complexity index is 1650. The Kier molecular flexibility index (Phi) is 8.31. The summed E-state index contributed by atoms with van der Waals surface area (Å²) in [5.41, 5.74) is 4.45.